The lowest BCUT2D eigenvalue weighted by Crippen LogP contribution is -2.40. The zero-order valence-corrected chi connectivity index (χ0v) is 9.53. The summed E-state index contributed by atoms with van der Waals surface area (Å²) in [7, 11) is 0. The molecule has 5 heteroatoms. The highest BCUT2D eigenvalue weighted by atomic mass is 35.5. The summed E-state index contributed by atoms with van der Waals surface area (Å²) < 4.78 is 0. The van der Waals surface area contributed by atoms with E-state index in [9.17, 15) is 4.79 Å². The van der Waals surface area contributed by atoms with Gasteiger partial charge in [-0.3, -0.25) is 9.80 Å². The van der Waals surface area contributed by atoms with E-state index in [2.05, 4.69) is 4.98 Å². The first-order valence-corrected chi connectivity index (χ1v) is 5.07. The molecule has 0 aliphatic heterocycles. The van der Waals surface area contributed by atoms with Crippen LogP contribution in [0.2, 0.25) is 5.15 Å². The number of hydrogen-bond acceptors (Lipinski definition) is 3. The number of halogens is 1. The Bertz CT molecular complexity index is 354. The topological polar surface area (TPSA) is 59.2 Å². The highest BCUT2D eigenvalue weighted by molar-refractivity contribution is 6.32. The molecule has 0 spiro atoms. The first-order chi connectivity index (χ1) is 7.02. The Morgan fingerprint density at radius 1 is 1.67 bits per heavy atom. The van der Waals surface area contributed by atoms with Gasteiger partial charge in [0.2, 0.25) is 0 Å². The van der Waals surface area contributed by atoms with Crippen molar-refractivity contribution in [2.75, 3.05) is 6.54 Å². The van der Waals surface area contributed by atoms with Gasteiger partial charge < -0.3 is 0 Å². The second-order valence-corrected chi connectivity index (χ2v) is 4.05. The fraction of sp³-hybridized carbons (Fsp3) is 0.400. The van der Waals surface area contributed by atoms with Gasteiger partial charge >= 0.3 is 0 Å². The molecule has 0 saturated heterocycles. The smallest absolute Gasteiger partial charge is 0.270 e. The molecular formula is C10H14ClN3O. The van der Waals surface area contributed by atoms with Crippen LogP contribution in [-0.2, 0) is 0 Å². The first-order valence-electron chi connectivity index (χ1n) is 4.69. The zero-order valence-electron chi connectivity index (χ0n) is 8.77. The maximum absolute atomic E-state index is 11.8. The highest BCUT2D eigenvalue weighted by Crippen LogP contribution is 2.13. The second-order valence-electron chi connectivity index (χ2n) is 3.69. The van der Waals surface area contributed by atoms with Crippen molar-refractivity contribution >= 4 is 17.5 Å². The molecule has 0 saturated carbocycles. The van der Waals surface area contributed by atoms with Crippen LogP contribution in [0.4, 0.5) is 0 Å². The molecule has 0 aromatic carbocycles. The Kier molecular flexibility index (Phi) is 4.05. The summed E-state index contributed by atoms with van der Waals surface area (Å²) in [5, 5.41) is 1.34. The Balaban J connectivity index is 2.81. The minimum atomic E-state index is -0.304. The highest BCUT2D eigenvalue weighted by Gasteiger charge is 2.16. The van der Waals surface area contributed by atoms with E-state index in [4.69, 9.17) is 17.4 Å². The number of carbonyl (C=O) groups is 1. The number of carbonyl (C=O) groups excluding carboxylic acids is 1. The molecule has 1 aromatic heterocycles. The van der Waals surface area contributed by atoms with Crippen LogP contribution in [-0.4, -0.2) is 22.4 Å². The fourth-order valence-corrected chi connectivity index (χ4v) is 1.38. The third kappa shape index (κ3) is 3.18. The lowest BCUT2D eigenvalue weighted by molar-refractivity contribution is 0.0736. The van der Waals surface area contributed by atoms with E-state index in [1.54, 1.807) is 12.1 Å². The largest absolute Gasteiger partial charge is 0.276 e. The molecule has 0 aliphatic carbocycles. The molecular weight excluding hydrogens is 214 g/mol. The number of rotatable bonds is 3. The van der Waals surface area contributed by atoms with E-state index in [1.807, 2.05) is 13.8 Å². The number of aromatic nitrogens is 1. The van der Waals surface area contributed by atoms with Crippen molar-refractivity contribution in [1.82, 2.24) is 9.99 Å². The van der Waals surface area contributed by atoms with Gasteiger partial charge in [-0.1, -0.05) is 25.4 Å². The molecule has 0 atom stereocenters. The quantitative estimate of drug-likeness (QED) is 0.370. The molecule has 0 radical (unpaired) electrons. The van der Waals surface area contributed by atoms with E-state index in [0.717, 1.165) is 5.01 Å². The lowest BCUT2D eigenvalue weighted by atomic mass is 10.2. The lowest BCUT2D eigenvalue weighted by Gasteiger charge is -2.18. The van der Waals surface area contributed by atoms with Crippen LogP contribution in [0.3, 0.4) is 0 Å². The van der Waals surface area contributed by atoms with Gasteiger partial charge in [0.1, 0.15) is 5.15 Å². The normalized spacial score (nSPS) is 10.5. The van der Waals surface area contributed by atoms with Gasteiger partial charge in [-0.25, -0.2) is 10.8 Å². The van der Waals surface area contributed by atoms with Crippen LogP contribution in [0, 0.1) is 5.92 Å². The monoisotopic (exact) mass is 227 g/mol. The van der Waals surface area contributed by atoms with Crippen molar-refractivity contribution in [2.24, 2.45) is 11.8 Å². The van der Waals surface area contributed by atoms with E-state index < -0.39 is 0 Å². The molecule has 0 bridgehead atoms. The number of amides is 1. The number of hydrazine groups is 1. The van der Waals surface area contributed by atoms with Crippen molar-refractivity contribution in [1.29, 1.82) is 0 Å². The second kappa shape index (κ2) is 5.09. The average Bonchev–Trinajstić information content (AvgIpc) is 2.16. The van der Waals surface area contributed by atoms with E-state index in [0.29, 0.717) is 18.0 Å². The van der Waals surface area contributed by atoms with Gasteiger partial charge in [-0.05, 0) is 18.1 Å². The summed E-state index contributed by atoms with van der Waals surface area (Å²) in [6.07, 6.45) is 1.53. The Morgan fingerprint density at radius 3 is 2.87 bits per heavy atom. The summed E-state index contributed by atoms with van der Waals surface area (Å²) in [6.45, 7) is 4.46. The third-order valence-corrected chi connectivity index (χ3v) is 2.11. The van der Waals surface area contributed by atoms with Crippen LogP contribution in [0.25, 0.3) is 0 Å². The summed E-state index contributed by atoms with van der Waals surface area (Å²) in [5.74, 6) is 5.63. The van der Waals surface area contributed by atoms with Crippen LogP contribution in [0.1, 0.15) is 24.2 Å². The van der Waals surface area contributed by atoms with Crippen LogP contribution in [0.15, 0.2) is 18.3 Å². The number of hydrogen-bond donors (Lipinski definition) is 1. The maximum atomic E-state index is 11.8. The molecule has 0 aliphatic rings. The fourth-order valence-electron chi connectivity index (χ4n) is 1.18. The summed E-state index contributed by atoms with van der Waals surface area (Å²) in [4.78, 5) is 15.6. The Morgan fingerprint density at radius 2 is 2.33 bits per heavy atom. The number of nitrogens with zero attached hydrogens (tertiary/aromatic N) is 2. The van der Waals surface area contributed by atoms with Crippen molar-refractivity contribution in [3.8, 4) is 0 Å². The number of nitrogens with two attached hydrogens (primary N) is 1. The minimum absolute atomic E-state index is 0.182. The zero-order chi connectivity index (χ0) is 11.4. The molecule has 2 N–H and O–H groups in total. The summed E-state index contributed by atoms with van der Waals surface area (Å²) in [6, 6.07) is 3.26. The molecule has 1 heterocycles. The maximum Gasteiger partial charge on any atom is 0.270 e. The van der Waals surface area contributed by atoms with Crippen LogP contribution >= 0.6 is 11.6 Å². The SMILES string of the molecule is CC(C)CN(N)C(=O)c1cccnc1Cl. The molecule has 1 amide bonds. The van der Waals surface area contributed by atoms with Crippen molar-refractivity contribution in [2.45, 2.75) is 13.8 Å². The Labute approximate surface area is 94.0 Å². The van der Waals surface area contributed by atoms with Gasteiger partial charge in [-0.2, -0.15) is 0 Å². The van der Waals surface area contributed by atoms with E-state index in [-0.39, 0.29) is 11.1 Å². The van der Waals surface area contributed by atoms with Gasteiger partial charge in [0, 0.05) is 12.7 Å². The predicted octanol–water partition coefficient (Wildman–Crippen LogP) is 1.71. The Hall–Kier alpha value is -1.13. The van der Waals surface area contributed by atoms with Crippen LogP contribution < -0.4 is 5.84 Å². The van der Waals surface area contributed by atoms with Crippen LogP contribution in [0.5, 0.6) is 0 Å². The van der Waals surface area contributed by atoms with Gasteiger partial charge in [0.05, 0.1) is 5.56 Å². The molecule has 82 valence electrons. The summed E-state index contributed by atoms with van der Waals surface area (Å²) >= 11 is 5.79. The van der Waals surface area contributed by atoms with E-state index in [1.165, 1.54) is 6.20 Å². The first kappa shape index (κ1) is 11.9. The summed E-state index contributed by atoms with van der Waals surface area (Å²) in [5.41, 5.74) is 0.335. The average molecular weight is 228 g/mol. The molecule has 15 heavy (non-hydrogen) atoms. The predicted molar refractivity (Wildman–Crippen MR) is 59.3 cm³/mol. The molecule has 1 rings (SSSR count). The third-order valence-electron chi connectivity index (χ3n) is 1.81. The molecule has 0 fully saturated rings. The van der Waals surface area contributed by atoms with Crippen molar-refractivity contribution in [3.05, 3.63) is 29.0 Å². The van der Waals surface area contributed by atoms with Gasteiger partial charge in [-0.15, -0.1) is 0 Å². The van der Waals surface area contributed by atoms with Gasteiger partial charge in [0.15, 0.2) is 0 Å². The molecule has 0 unspecified atom stereocenters. The van der Waals surface area contributed by atoms with E-state index >= 15 is 0 Å². The minimum Gasteiger partial charge on any atom is -0.276 e. The number of pyridine rings is 1. The van der Waals surface area contributed by atoms with Crippen molar-refractivity contribution < 1.29 is 4.79 Å². The standard InChI is InChI=1S/C10H14ClN3O/c1-7(2)6-14(12)10(15)8-4-3-5-13-9(8)11/h3-5,7H,6,12H2,1-2H3. The van der Waals surface area contributed by atoms with Gasteiger partial charge in [0.25, 0.3) is 5.91 Å². The van der Waals surface area contributed by atoms with Crippen molar-refractivity contribution in [3.63, 3.8) is 0 Å². The molecule has 4 nitrogen and oxygen atoms in total. The molecule has 1 aromatic rings.